The fourth-order valence-electron chi connectivity index (χ4n) is 4.75. The van der Waals surface area contributed by atoms with Crippen LogP contribution in [-0.4, -0.2) is 58.9 Å². The number of fused-ring (bicyclic) bond motifs is 1. The number of thiocarbonyl (C=S) groups is 1. The molecule has 168 valence electrons. The molecule has 3 unspecified atom stereocenters. The summed E-state index contributed by atoms with van der Waals surface area (Å²) in [4.78, 5) is 13.7. The fraction of sp³-hybridized carbons (Fsp3) is 0.375. The number of rotatable bonds is 5. The van der Waals surface area contributed by atoms with Crippen molar-refractivity contribution in [2.45, 2.75) is 38.4 Å². The summed E-state index contributed by atoms with van der Waals surface area (Å²) in [5.74, 6) is 2.17. The number of methoxy groups -OCH3 is 2. The predicted molar refractivity (Wildman–Crippen MR) is 131 cm³/mol. The number of aromatic nitrogens is 2. The Morgan fingerprint density at radius 1 is 1.09 bits per heavy atom. The van der Waals surface area contributed by atoms with Crippen LogP contribution < -0.4 is 20.1 Å². The van der Waals surface area contributed by atoms with Crippen molar-refractivity contribution in [3.63, 3.8) is 0 Å². The average molecular weight is 452 g/mol. The van der Waals surface area contributed by atoms with Gasteiger partial charge >= 0.3 is 0 Å². The molecule has 0 amide bonds. The van der Waals surface area contributed by atoms with Crippen molar-refractivity contribution in [1.29, 1.82) is 0 Å². The quantitative estimate of drug-likeness (QED) is 0.592. The van der Waals surface area contributed by atoms with E-state index in [1.165, 1.54) is 5.56 Å². The third-order valence-corrected chi connectivity index (χ3v) is 6.48. The predicted octanol–water partition coefficient (Wildman–Crippen LogP) is 3.40. The number of nitrogens with two attached hydrogens (primary N) is 1. The van der Waals surface area contributed by atoms with Crippen molar-refractivity contribution in [2.75, 3.05) is 25.7 Å². The van der Waals surface area contributed by atoms with Gasteiger partial charge in [0.1, 0.15) is 12.1 Å². The Labute approximate surface area is 194 Å². The van der Waals surface area contributed by atoms with Crippen molar-refractivity contribution >= 4 is 34.1 Å². The first-order chi connectivity index (χ1) is 15.4. The molecule has 7 nitrogen and oxygen atoms in total. The molecule has 0 aliphatic carbocycles. The van der Waals surface area contributed by atoms with E-state index in [1.807, 2.05) is 18.2 Å². The minimum absolute atomic E-state index is 0.0987. The molecule has 1 saturated heterocycles. The second kappa shape index (κ2) is 9.16. The van der Waals surface area contributed by atoms with Crippen molar-refractivity contribution in [2.24, 2.45) is 5.73 Å². The molecule has 2 heterocycles. The molecule has 1 aliphatic heterocycles. The minimum Gasteiger partial charge on any atom is -0.493 e. The van der Waals surface area contributed by atoms with Gasteiger partial charge in [0.25, 0.3) is 0 Å². The molecule has 1 aromatic heterocycles. The lowest BCUT2D eigenvalue weighted by Crippen LogP contribution is -2.65. The minimum atomic E-state index is 0.0987. The van der Waals surface area contributed by atoms with E-state index in [9.17, 15) is 0 Å². The lowest BCUT2D eigenvalue weighted by molar-refractivity contribution is 0.185. The Kier molecular flexibility index (Phi) is 6.32. The summed E-state index contributed by atoms with van der Waals surface area (Å²) in [7, 11) is 3.26. The molecule has 2 N–H and O–H groups in total. The van der Waals surface area contributed by atoms with Crippen molar-refractivity contribution in [3.05, 3.63) is 54.4 Å². The smallest absolute Gasteiger partial charge is 0.166 e. The van der Waals surface area contributed by atoms with Gasteiger partial charge in [0.2, 0.25) is 0 Å². The van der Waals surface area contributed by atoms with E-state index in [-0.39, 0.29) is 18.1 Å². The van der Waals surface area contributed by atoms with Gasteiger partial charge in [0, 0.05) is 30.1 Å². The Morgan fingerprint density at radius 2 is 1.78 bits per heavy atom. The number of ether oxygens (including phenoxy) is 2. The first-order valence-corrected chi connectivity index (χ1v) is 11.1. The second-order valence-electron chi connectivity index (χ2n) is 8.17. The summed E-state index contributed by atoms with van der Waals surface area (Å²) in [5, 5.41) is 1.35. The van der Waals surface area contributed by atoms with E-state index in [2.05, 4.69) is 52.9 Å². The molecular weight excluding hydrogens is 422 g/mol. The van der Waals surface area contributed by atoms with Crippen LogP contribution in [0.25, 0.3) is 10.9 Å². The monoisotopic (exact) mass is 451 g/mol. The molecule has 32 heavy (non-hydrogen) atoms. The standard InChI is InChI=1S/C24H29N5O2S/c1-15-13-28(20(16(2)29(15)24(25)32)10-17-8-6-5-7-9-17)23-18-11-21(30-3)22(31-4)12-19(18)26-14-27-23/h5-9,11-12,14-16,20H,10,13H2,1-4H3,(H2,25,32). The lowest BCUT2D eigenvalue weighted by Gasteiger charge is -2.51. The van der Waals surface area contributed by atoms with E-state index in [4.69, 9.17) is 32.4 Å². The SMILES string of the molecule is COc1cc2ncnc(N3CC(C)N(C(N)=S)C(C)C3Cc3ccccc3)c2cc1OC. The van der Waals surface area contributed by atoms with Crippen LogP contribution in [0.5, 0.6) is 11.5 Å². The number of hydrogen-bond donors (Lipinski definition) is 1. The highest BCUT2D eigenvalue weighted by Gasteiger charge is 2.39. The molecule has 0 saturated carbocycles. The van der Waals surface area contributed by atoms with Crippen molar-refractivity contribution in [1.82, 2.24) is 14.9 Å². The molecule has 0 spiro atoms. The zero-order chi connectivity index (χ0) is 22.8. The van der Waals surface area contributed by atoms with E-state index in [0.717, 1.165) is 29.7 Å². The third kappa shape index (κ3) is 4.02. The van der Waals surface area contributed by atoms with Gasteiger partial charge in [-0.05, 0) is 44.1 Å². The van der Waals surface area contributed by atoms with Gasteiger partial charge in [-0.1, -0.05) is 30.3 Å². The third-order valence-electron chi connectivity index (χ3n) is 6.27. The summed E-state index contributed by atoms with van der Waals surface area (Å²) in [6.07, 6.45) is 2.45. The molecule has 8 heteroatoms. The summed E-state index contributed by atoms with van der Waals surface area (Å²) in [6, 6.07) is 14.7. The summed E-state index contributed by atoms with van der Waals surface area (Å²) in [6.45, 7) is 5.07. The maximum absolute atomic E-state index is 6.13. The van der Waals surface area contributed by atoms with Crippen LogP contribution in [0.15, 0.2) is 48.8 Å². The topological polar surface area (TPSA) is 76.7 Å². The summed E-state index contributed by atoms with van der Waals surface area (Å²) < 4.78 is 11.0. The van der Waals surface area contributed by atoms with Crippen LogP contribution in [-0.2, 0) is 6.42 Å². The zero-order valence-corrected chi connectivity index (χ0v) is 19.7. The van der Waals surface area contributed by atoms with Crippen LogP contribution in [0, 0.1) is 0 Å². The molecule has 3 atom stereocenters. The summed E-state index contributed by atoms with van der Waals surface area (Å²) in [5.41, 5.74) is 8.19. The fourth-order valence-corrected chi connectivity index (χ4v) is 5.10. The Bertz CT molecular complexity index is 1110. The van der Waals surface area contributed by atoms with Crippen LogP contribution in [0.2, 0.25) is 0 Å². The van der Waals surface area contributed by atoms with E-state index in [1.54, 1.807) is 20.5 Å². The van der Waals surface area contributed by atoms with Gasteiger partial charge in [-0.2, -0.15) is 0 Å². The molecule has 0 bridgehead atoms. The van der Waals surface area contributed by atoms with E-state index in [0.29, 0.717) is 16.6 Å². The second-order valence-corrected chi connectivity index (χ2v) is 8.58. The van der Waals surface area contributed by atoms with E-state index >= 15 is 0 Å². The van der Waals surface area contributed by atoms with Crippen LogP contribution in [0.1, 0.15) is 19.4 Å². The van der Waals surface area contributed by atoms with Crippen molar-refractivity contribution < 1.29 is 9.47 Å². The molecule has 4 rings (SSSR count). The normalized spacial score (nSPS) is 20.9. The Hall–Kier alpha value is -3.13. The van der Waals surface area contributed by atoms with Crippen LogP contribution in [0.3, 0.4) is 0 Å². The van der Waals surface area contributed by atoms with Crippen molar-refractivity contribution in [3.8, 4) is 11.5 Å². The Balaban J connectivity index is 1.83. The number of hydrogen-bond acceptors (Lipinski definition) is 6. The van der Waals surface area contributed by atoms with Crippen LogP contribution >= 0.6 is 12.2 Å². The number of nitrogens with zero attached hydrogens (tertiary/aromatic N) is 4. The molecule has 1 aliphatic rings. The first-order valence-electron chi connectivity index (χ1n) is 10.7. The molecule has 2 aromatic carbocycles. The average Bonchev–Trinajstić information content (AvgIpc) is 2.79. The largest absolute Gasteiger partial charge is 0.493 e. The molecule has 3 aromatic rings. The highest BCUT2D eigenvalue weighted by atomic mass is 32.1. The maximum Gasteiger partial charge on any atom is 0.166 e. The number of anilines is 1. The highest BCUT2D eigenvalue weighted by Crippen LogP contribution is 2.37. The lowest BCUT2D eigenvalue weighted by atomic mass is 9.93. The van der Waals surface area contributed by atoms with Gasteiger partial charge in [-0.25, -0.2) is 9.97 Å². The van der Waals surface area contributed by atoms with Gasteiger partial charge in [0.15, 0.2) is 16.6 Å². The molecule has 1 fully saturated rings. The number of benzene rings is 2. The molecule has 0 radical (unpaired) electrons. The van der Waals surface area contributed by atoms with Crippen LogP contribution in [0.4, 0.5) is 5.82 Å². The maximum atomic E-state index is 6.13. The first kappa shape index (κ1) is 22.1. The number of piperazine rings is 1. The zero-order valence-electron chi connectivity index (χ0n) is 18.9. The molecular formula is C24H29N5O2S. The Morgan fingerprint density at radius 3 is 2.44 bits per heavy atom. The van der Waals surface area contributed by atoms with Gasteiger partial charge in [-0.3, -0.25) is 0 Å². The van der Waals surface area contributed by atoms with Gasteiger partial charge in [0.05, 0.1) is 25.8 Å². The highest BCUT2D eigenvalue weighted by molar-refractivity contribution is 7.80. The van der Waals surface area contributed by atoms with Gasteiger partial charge in [-0.15, -0.1) is 0 Å². The summed E-state index contributed by atoms with van der Waals surface area (Å²) >= 11 is 5.41. The van der Waals surface area contributed by atoms with Gasteiger partial charge < -0.3 is 25.0 Å². The van der Waals surface area contributed by atoms with E-state index < -0.39 is 0 Å².